The van der Waals surface area contributed by atoms with Crippen molar-refractivity contribution in [1.82, 2.24) is 59.8 Å². The number of benzene rings is 8. The predicted molar refractivity (Wildman–Crippen MR) is 281 cm³/mol. The van der Waals surface area contributed by atoms with Gasteiger partial charge in [-0.2, -0.15) is 0 Å². The lowest BCUT2D eigenvalue weighted by Gasteiger charge is -2.18. The minimum absolute atomic E-state index is 0.592. The van der Waals surface area contributed by atoms with E-state index in [1.807, 2.05) is 84.9 Å². The Kier molecular flexibility index (Phi) is 12.0. The predicted octanol–water partition coefficient (Wildman–Crippen LogP) is 12.9. The Bertz CT molecular complexity index is 3450. The molecule has 0 radical (unpaired) electrons. The maximum atomic E-state index is 7.15. The zero-order chi connectivity index (χ0) is 48.8. The van der Waals surface area contributed by atoms with Gasteiger partial charge in [-0.25, -0.2) is 59.8 Å². The van der Waals surface area contributed by atoms with Gasteiger partial charge in [-0.15, -0.1) is 0 Å². The van der Waals surface area contributed by atoms with Gasteiger partial charge >= 0.3 is 0 Å². The minimum atomic E-state index is 0.592. The molecule has 0 spiro atoms. The van der Waals surface area contributed by atoms with E-state index in [0.717, 1.165) is 89.0 Å². The fourth-order valence-corrected chi connectivity index (χ4v) is 8.84. The van der Waals surface area contributed by atoms with E-state index in [9.17, 15) is 0 Å². The minimum Gasteiger partial charge on any atom is -0.456 e. The highest BCUT2D eigenvalue weighted by Crippen LogP contribution is 2.43. The third-order valence-electron chi connectivity index (χ3n) is 12.3. The van der Waals surface area contributed by atoms with Crippen molar-refractivity contribution in [2.75, 3.05) is 0 Å². The monoisotopic (exact) mass is 942 g/mol. The van der Waals surface area contributed by atoms with Crippen molar-refractivity contribution in [2.24, 2.45) is 0 Å². The Morgan fingerprint density at radius 2 is 0.438 bits per heavy atom. The van der Waals surface area contributed by atoms with Crippen LogP contribution >= 0.6 is 0 Å². The molecule has 0 fully saturated rings. The average molecular weight is 943 g/mol. The number of nitrogens with zero attached hydrogens (tertiary/aromatic N) is 12. The summed E-state index contributed by atoms with van der Waals surface area (Å²) in [4.78, 5) is 51.6. The van der Waals surface area contributed by atoms with Gasteiger partial charge in [0, 0.05) is 33.4 Å². The van der Waals surface area contributed by atoms with E-state index in [2.05, 4.69) is 157 Å². The Hall–Kier alpha value is -10.4. The molecule has 0 atom stereocenters. The van der Waals surface area contributed by atoms with Crippen LogP contribution in [0.4, 0.5) is 0 Å². The summed E-state index contributed by atoms with van der Waals surface area (Å²) in [5.74, 6) is 3.73. The highest BCUT2D eigenvalue weighted by atomic mass is 16.5. The Morgan fingerprint density at radius 1 is 0.205 bits per heavy atom. The van der Waals surface area contributed by atoms with E-state index in [1.165, 1.54) is 50.6 Å². The molecule has 73 heavy (non-hydrogen) atoms. The molecule has 4 heterocycles. The molecule has 13 heteroatoms. The topological polar surface area (TPSA) is 164 Å². The molecule has 0 aliphatic rings. The number of para-hydroxylation sites is 2. The highest BCUT2D eigenvalue weighted by Gasteiger charge is 2.18. The van der Waals surface area contributed by atoms with Crippen LogP contribution in [0, 0.1) is 0 Å². The lowest BCUT2D eigenvalue weighted by atomic mass is 9.91. The lowest BCUT2D eigenvalue weighted by Crippen LogP contribution is -1.94. The Morgan fingerprint density at radius 3 is 0.726 bits per heavy atom. The van der Waals surface area contributed by atoms with Gasteiger partial charge in [0.05, 0.1) is 0 Å². The van der Waals surface area contributed by atoms with Crippen LogP contribution in [0.2, 0.25) is 0 Å². The second-order valence-electron chi connectivity index (χ2n) is 16.9. The highest BCUT2D eigenvalue weighted by molar-refractivity contribution is 5.87. The van der Waals surface area contributed by atoms with Gasteiger partial charge in [0.25, 0.3) is 0 Å². The Balaban J connectivity index is 0.975. The van der Waals surface area contributed by atoms with Crippen molar-refractivity contribution in [3.05, 3.63) is 233 Å². The summed E-state index contributed by atoms with van der Waals surface area (Å²) < 4.78 is 7.15. The molecule has 0 aliphatic heterocycles. The van der Waals surface area contributed by atoms with Crippen molar-refractivity contribution in [3.8, 4) is 124 Å². The first-order valence-corrected chi connectivity index (χ1v) is 23.2. The van der Waals surface area contributed by atoms with Crippen molar-refractivity contribution in [1.29, 1.82) is 0 Å². The zero-order valence-corrected chi connectivity index (χ0v) is 38.7. The molecule has 8 aromatic carbocycles. The standard InChI is InChI=1S/C60H38N12O/c1-3-19-55(53(17-1)51-27-47(39-9-5-13-43(21-39)57-65-31-61-32-66-57)25-48(28-51)40-10-6-14-44(22-40)58-67-33-62-34-68-58)73-56-20-4-2-18-54(56)52-29-49(41-11-7-15-45(23-41)59-69-35-63-36-70-59)26-50(30-52)42-12-8-16-46(24-42)60-71-37-64-38-72-60/h1-38H. The molecule has 0 saturated heterocycles. The summed E-state index contributed by atoms with van der Waals surface area (Å²) in [5, 5.41) is 0. The molecule has 0 amide bonds. The maximum absolute atomic E-state index is 7.15. The molecule has 0 N–H and O–H groups in total. The van der Waals surface area contributed by atoms with Gasteiger partial charge in [-0.3, -0.25) is 0 Å². The van der Waals surface area contributed by atoms with Gasteiger partial charge in [0.2, 0.25) is 0 Å². The third-order valence-corrected chi connectivity index (χ3v) is 12.3. The molecule has 0 unspecified atom stereocenters. The molecule has 344 valence electrons. The van der Waals surface area contributed by atoms with Crippen molar-refractivity contribution < 1.29 is 4.74 Å². The average Bonchev–Trinajstić information content (AvgIpc) is 3.48. The van der Waals surface area contributed by atoms with Gasteiger partial charge in [0.1, 0.15) is 62.1 Å². The number of ether oxygens (including phenoxy) is 1. The van der Waals surface area contributed by atoms with Gasteiger partial charge in [-0.1, -0.05) is 109 Å². The first-order valence-electron chi connectivity index (χ1n) is 23.2. The quantitative estimate of drug-likeness (QED) is 0.114. The molecular weight excluding hydrogens is 905 g/mol. The smallest absolute Gasteiger partial charge is 0.162 e. The number of hydrogen-bond donors (Lipinski definition) is 0. The van der Waals surface area contributed by atoms with E-state index >= 15 is 0 Å². The largest absolute Gasteiger partial charge is 0.456 e. The number of hydrogen-bond acceptors (Lipinski definition) is 13. The zero-order valence-electron chi connectivity index (χ0n) is 38.7. The van der Waals surface area contributed by atoms with Crippen LogP contribution in [0.25, 0.3) is 112 Å². The van der Waals surface area contributed by atoms with E-state index < -0.39 is 0 Å². The molecule has 12 aromatic rings. The number of rotatable bonds is 12. The molecule has 13 nitrogen and oxygen atoms in total. The van der Waals surface area contributed by atoms with Crippen LogP contribution in [0.1, 0.15) is 0 Å². The summed E-state index contributed by atoms with van der Waals surface area (Å²) in [7, 11) is 0. The number of aromatic nitrogens is 12. The second kappa shape index (κ2) is 19.9. The summed E-state index contributed by atoms with van der Waals surface area (Å²) in [6.45, 7) is 0. The summed E-state index contributed by atoms with van der Waals surface area (Å²) in [6.07, 6.45) is 12.1. The normalized spacial score (nSPS) is 11.0. The first-order chi connectivity index (χ1) is 36.1. The summed E-state index contributed by atoms with van der Waals surface area (Å²) >= 11 is 0. The van der Waals surface area contributed by atoms with E-state index in [0.29, 0.717) is 34.8 Å². The fraction of sp³-hybridized carbons (Fsp3) is 0. The van der Waals surface area contributed by atoms with Gasteiger partial charge in [0.15, 0.2) is 23.3 Å². The van der Waals surface area contributed by atoms with Gasteiger partial charge in [-0.05, 0) is 128 Å². The molecule has 0 bridgehead atoms. The van der Waals surface area contributed by atoms with Gasteiger partial charge < -0.3 is 4.74 Å². The third kappa shape index (κ3) is 9.52. The fourth-order valence-electron chi connectivity index (χ4n) is 8.84. The molecule has 4 aromatic heterocycles. The van der Waals surface area contributed by atoms with Crippen molar-refractivity contribution in [3.63, 3.8) is 0 Å². The Labute approximate surface area is 419 Å². The van der Waals surface area contributed by atoms with E-state index in [1.54, 1.807) is 0 Å². The second-order valence-corrected chi connectivity index (χ2v) is 16.9. The van der Waals surface area contributed by atoms with Crippen LogP contribution in [0.15, 0.2) is 233 Å². The van der Waals surface area contributed by atoms with E-state index in [-0.39, 0.29) is 0 Å². The van der Waals surface area contributed by atoms with Crippen LogP contribution in [-0.4, -0.2) is 59.8 Å². The van der Waals surface area contributed by atoms with Crippen LogP contribution in [-0.2, 0) is 0 Å². The van der Waals surface area contributed by atoms with Crippen molar-refractivity contribution >= 4 is 0 Å². The molecule has 0 aliphatic carbocycles. The van der Waals surface area contributed by atoms with Crippen LogP contribution in [0.5, 0.6) is 11.5 Å². The molecule has 12 rings (SSSR count). The maximum Gasteiger partial charge on any atom is 0.162 e. The molecule has 0 saturated carbocycles. The van der Waals surface area contributed by atoms with Crippen LogP contribution < -0.4 is 4.74 Å². The molecular formula is C60H38N12O. The van der Waals surface area contributed by atoms with Crippen molar-refractivity contribution in [2.45, 2.75) is 0 Å². The lowest BCUT2D eigenvalue weighted by molar-refractivity contribution is 0.486. The van der Waals surface area contributed by atoms with Crippen LogP contribution in [0.3, 0.4) is 0 Å². The first kappa shape index (κ1) is 43.9. The van der Waals surface area contributed by atoms with E-state index in [4.69, 9.17) is 4.74 Å². The summed E-state index contributed by atoms with van der Waals surface area (Å²) in [5.41, 5.74) is 15.2. The SMILES string of the molecule is c1cc(-c2cc(-c3cccc(-c4ncncn4)c3)cc(-c3ccccc3Oc3ccccc3-c3cc(-c4cccc(-c5ncncn5)c4)cc(-c4cccc(-c5ncncn5)c4)c3)c2)cc(-c2ncncn2)c1. The summed E-state index contributed by atoms with van der Waals surface area (Å²) in [6, 6.07) is 62.4.